The number of sulfonamides is 1. The van der Waals surface area contributed by atoms with E-state index in [1.165, 1.54) is 6.07 Å². The van der Waals surface area contributed by atoms with E-state index < -0.39 is 21.8 Å². The number of ether oxygens (including phenoxy) is 1. The van der Waals surface area contributed by atoms with Crippen molar-refractivity contribution in [2.75, 3.05) is 7.11 Å². The van der Waals surface area contributed by atoms with Crippen LogP contribution in [0, 0.1) is 0 Å². The number of pyridine rings is 1. The molecule has 0 radical (unpaired) electrons. The maximum atomic E-state index is 13.1. The van der Waals surface area contributed by atoms with Crippen LogP contribution in [-0.2, 0) is 21.2 Å². The highest BCUT2D eigenvalue weighted by Gasteiger charge is 2.33. The van der Waals surface area contributed by atoms with Gasteiger partial charge in [0.25, 0.3) is 10.0 Å². The van der Waals surface area contributed by atoms with Gasteiger partial charge in [0.05, 0.1) is 23.4 Å². The van der Waals surface area contributed by atoms with E-state index in [-0.39, 0.29) is 4.90 Å². The maximum absolute atomic E-state index is 13.1. The predicted molar refractivity (Wildman–Crippen MR) is 113 cm³/mol. The van der Waals surface area contributed by atoms with Crippen molar-refractivity contribution in [3.63, 3.8) is 0 Å². The highest BCUT2D eigenvalue weighted by atomic mass is 79.9. The van der Waals surface area contributed by atoms with Crippen LogP contribution in [0.5, 0.6) is 5.75 Å². The molecule has 1 aromatic heterocycles. The second kappa shape index (κ2) is 7.76. The number of hydrogen-bond donors (Lipinski definition) is 1. The highest BCUT2D eigenvalue weighted by Crippen LogP contribution is 2.41. The summed E-state index contributed by atoms with van der Waals surface area (Å²) in [5.74, 6) is -0.407. The number of benzene rings is 2. The quantitative estimate of drug-likeness (QED) is 0.618. The summed E-state index contributed by atoms with van der Waals surface area (Å²) in [7, 11) is -2.46. The number of nitrogens with zero attached hydrogens (tertiary/aromatic N) is 1. The van der Waals surface area contributed by atoms with Gasteiger partial charge in [-0.05, 0) is 66.8 Å². The van der Waals surface area contributed by atoms with E-state index in [0.29, 0.717) is 23.1 Å². The lowest BCUT2D eigenvalue weighted by Crippen LogP contribution is -2.36. The third kappa shape index (κ3) is 3.62. The third-order valence-corrected chi connectivity index (χ3v) is 7.29. The van der Waals surface area contributed by atoms with E-state index in [9.17, 15) is 13.2 Å². The summed E-state index contributed by atoms with van der Waals surface area (Å²) >= 11 is 3.52. The topological polar surface area (TPSA) is 85.4 Å². The van der Waals surface area contributed by atoms with Crippen molar-refractivity contribution in [2.45, 2.75) is 30.1 Å². The van der Waals surface area contributed by atoms with Crippen LogP contribution in [0.15, 0.2) is 58.0 Å². The number of halogens is 1. The van der Waals surface area contributed by atoms with E-state index >= 15 is 0 Å². The molecule has 1 amide bonds. The Morgan fingerprint density at radius 1 is 1.21 bits per heavy atom. The number of nitrogens with one attached hydrogen (secondary N) is 1. The summed E-state index contributed by atoms with van der Waals surface area (Å²) in [5.41, 5.74) is 2.29. The molecular formula is C21H19BrN2O4S. The van der Waals surface area contributed by atoms with Gasteiger partial charge in [-0.3, -0.25) is 9.78 Å². The van der Waals surface area contributed by atoms with Crippen LogP contribution < -0.4 is 9.46 Å². The Labute approximate surface area is 177 Å². The minimum Gasteiger partial charge on any atom is -0.496 e. The van der Waals surface area contributed by atoms with Crippen molar-refractivity contribution in [3.05, 3.63) is 64.3 Å². The lowest BCUT2D eigenvalue weighted by molar-refractivity contribution is -0.121. The normalized spacial score (nSPS) is 16.3. The first-order valence-electron chi connectivity index (χ1n) is 9.18. The Morgan fingerprint density at radius 3 is 2.83 bits per heavy atom. The fraction of sp³-hybridized carbons (Fsp3) is 0.238. The van der Waals surface area contributed by atoms with E-state index in [1.54, 1.807) is 37.6 Å². The molecule has 8 heteroatoms. The predicted octanol–water partition coefficient (Wildman–Crippen LogP) is 3.93. The van der Waals surface area contributed by atoms with Crippen molar-refractivity contribution in [1.29, 1.82) is 0 Å². The first-order chi connectivity index (χ1) is 13.9. The molecule has 6 nitrogen and oxygen atoms in total. The van der Waals surface area contributed by atoms with Crippen LogP contribution in [-0.4, -0.2) is 26.4 Å². The lowest BCUT2D eigenvalue weighted by Gasteiger charge is -2.27. The number of amides is 1. The molecule has 2 aromatic carbocycles. The van der Waals surface area contributed by atoms with Gasteiger partial charge in [0.2, 0.25) is 5.91 Å². The van der Waals surface area contributed by atoms with Crippen LogP contribution in [0.2, 0.25) is 0 Å². The standard InChI is InChI=1S/C21H19BrN2O4S/c1-28-18-11-10-16(22)20-14(18)5-2-6-15(20)21(25)24-29(26,27)19-9-3-8-17-13(19)7-4-12-23-17/h3-4,7-12,15H,2,5-6H2,1H3,(H,24,25). The first-order valence-corrected chi connectivity index (χ1v) is 11.5. The van der Waals surface area contributed by atoms with Crippen LogP contribution >= 0.6 is 15.9 Å². The molecule has 1 aliphatic rings. The molecule has 1 heterocycles. The first kappa shape index (κ1) is 19.8. The zero-order chi connectivity index (χ0) is 20.6. The van der Waals surface area contributed by atoms with E-state index in [4.69, 9.17) is 4.74 Å². The number of hydrogen-bond acceptors (Lipinski definition) is 5. The number of rotatable bonds is 4. The van der Waals surface area contributed by atoms with Crippen LogP contribution in [0.4, 0.5) is 0 Å². The Hall–Kier alpha value is -2.45. The number of carbonyl (C=O) groups is 1. The molecule has 29 heavy (non-hydrogen) atoms. The minimum absolute atomic E-state index is 0.0391. The summed E-state index contributed by atoms with van der Waals surface area (Å²) < 4.78 is 34.5. The molecule has 4 rings (SSSR count). The van der Waals surface area contributed by atoms with Gasteiger partial charge in [-0.1, -0.05) is 22.0 Å². The van der Waals surface area contributed by atoms with Crippen molar-refractivity contribution < 1.29 is 17.9 Å². The van der Waals surface area contributed by atoms with E-state index in [0.717, 1.165) is 28.4 Å². The summed E-state index contributed by atoms with van der Waals surface area (Å²) in [6, 6.07) is 11.9. The minimum atomic E-state index is -4.05. The zero-order valence-electron chi connectivity index (χ0n) is 15.7. The monoisotopic (exact) mass is 474 g/mol. The van der Waals surface area contributed by atoms with Crippen LogP contribution in [0.25, 0.3) is 10.9 Å². The largest absolute Gasteiger partial charge is 0.496 e. The molecule has 0 fully saturated rings. The molecule has 0 spiro atoms. The molecule has 3 aromatic rings. The highest BCUT2D eigenvalue weighted by molar-refractivity contribution is 9.10. The van der Waals surface area contributed by atoms with Crippen molar-refractivity contribution in [1.82, 2.24) is 9.71 Å². The molecular weight excluding hydrogens is 456 g/mol. The average molecular weight is 475 g/mol. The summed E-state index contributed by atoms with van der Waals surface area (Å²) in [6.45, 7) is 0. The molecule has 1 atom stereocenters. The molecule has 1 N–H and O–H groups in total. The number of aromatic nitrogens is 1. The molecule has 0 saturated heterocycles. The van der Waals surface area contributed by atoms with Crippen LogP contribution in [0.3, 0.4) is 0 Å². The van der Waals surface area contributed by atoms with Crippen molar-refractivity contribution >= 4 is 42.8 Å². The van der Waals surface area contributed by atoms with E-state index in [2.05, 4.69) is 25.6 Å². The zero-order valence-corrected chi connectivity index (χ0v) is 18.1. The third-order valence-electron chi connectivity index (χ3n) is 5.20. The summed E-state index contributed by atoms with van der Waals surface area (Å²) in [6.07, 6.45) is 3.72. The summed E-state index contributed by atoms with van der Waals surface area (Å²) in [5, 5.41) is 0.474. The maximum Gasteiger partial charge on any atom is 0.264 e. The van der Waals surface area contributed by atoms with Gasteiger partial charge in [0.15, 0.2) is 0 Å². The smallest absolute Gasteiger partial charge is 0.264 e. The Morgan fingerprint density at radius 2 is 2.03 bits per heavy atom. The van der Waals surface area contributed by atoms with Gasteiger partial charge in [0.1, 0.15) is 5.75 Å². The SMILES string of the molecule is COc1ccc(Br)c2c1CCCC2C(=O)NS(=O)(=O)c1cccc2ncccc12. The van der Waals surface area contributed by atoms with Crippen molar-refractivity contribution in [2.24, 2.45) is 0 Å². The van der Waals surface area contributed by atoms with E-state index in [1.807, 2.05) is 12.1 Å². The van der Waals surface area contributed by atoms with Gasteiger partial charge in [-0.25, -0.2) is 13.1 Å². The Kier molecular flexibility index (Phi) is 5.31. The lowest BCUT2D eigenvalue weighted by atomic mass is 9.82. The molecule has 150 valence electrons. The molecule has 0 aliphatic heterocycles. The molecule has 0 bridgehead atoms. The second-order valence-electron chi connectivity index (χ2n) is 6.88. The second-order valence-corrected chi connectivity index (χ2v) is 9.39. The number of carbonyl (C=O) groups excluding carboxylic acids is 1. The van der Waals surface area contributed by atoms with Gasteiger partial charge < -0.3 is 4.74 Å². The van der Waals surface area contributed by atoms with Gasteiger partial charge in [-0.15, -0.1) is 0 Å². The van der Waals surface area contributed by atoms with Gasteiger partial charge >= 0.3 is 0 Å². The number of methoxy groups -OCH3 is 1. The van der Waals surface area contributed by atoms with Crippen LogP contribution in [0.1, 0.15) is 29.9 Å². The average Bonchev–Trinajstić information content (AvgIpc) is 2.73. The van der Waals surface area contributed by atoms with Gasteiger partial charge in [0, 0.05) is 16.1 Å². The number of fused-ring (bicyclic) bond motifs is 2. The Balaban J connectivity index is 1.71. The Bertz CT molecular complexity index is 1210. The molecule has 1 unspecified atom stereocenters. The molecule has 1 aliphatic carbocycles. The fourth-order valence-corrected chi connectivity index (χ4v) is 5.78. The van der Waals surface area contributed by atoms with Gasteiger partial charge in [-0.2, -0.15) is 0 Å². The fourth-order valence-electron chi connectivity index (χ4n) is 3.90. The van der Waals surface area contributed by atoms with Crippen molar-refractivity contribution in [3.8, 4) is 5.75 Å². The molecule has 0 saturated carbocycles. The summed E-state index contributed by atoms with van der Waals surface area (Å²) in [4.78, 5) is 17.3.